The summed E-state index contributed by atoms with van der Waals surface area (Å²) in [6.07, 6.45) is 1.53. The number of hydrogen-bond donors (Lipinski definition) is 1. The lowest BCUT2D eigenvalue weighted by Gasteiger charge is -2.16. The minimum atomic E-state index is -0.231. The fourth-order valence-corrected chi connectivity index (χ4v) is 2.66. The van der Waals surface area contributed by atoms with Gasteiger partial charge in [0.2, 0.25) is 5.95 Å². The van der Waals surface area contributed by atoms with Crippen molar-refractivity contribution in [1.29, 1.82) is 0 Å². The fraction of sp³-hybridized carbons (Fsp3) is 0.176. The summed E-state index contributed by atoms with van der Waals surface area (Å²) in [5, 5.41) is 8.71. The van der Waals surface area contributed by atoms with Crippen molar-refractivity contribution in [1.82, 2.24) is 24.9 Å². The molecule has 1 aromatic carbocycles. The highest BCUT2D eigenvalue weighted by Gasteiger charge is 2.14. The van der Waals surface area contributed by atoms with Gasteiger partial charge in [0.05, 0.1) is 18.4 Å². The highest BCUT2D eigenvalue weighted by Crippen LogP contribution is 2.16. The lowest BCUT2D eigenvalue weighted by atomic mass is 10.3. The Morgan fingerprint density at radius 1 is 1.28 bits per heavy atom. The minimum absolute atomic E-state index is 0.231. The molecule has 0 fully saturated rings. The van der Waals surface area contributed by atoms with Crippen LogP contribution in [0.5, 0.6) is 0 Å². The van der Waals surface area contributed by atoms with Gasteiger partial charge in [-0.1, -0.05) is 23.4 Å². The van der Waals surface area contributed by atoms with Crippen LogP contribution in [0, 0.1) is 6.92 Å². The van der Waals surface area contributed by atoms with Gasteiger partial charge < -0.3 is 9.42 Å². The van der Waals surface area contributed by atoms with E-state index in [4.69, 9.17) is 4.52 Å². The molecule has 0 saturated carbocycles. The maximum Gasteiger partial charge on any atom is 0.263 e. The van der Waals surface area contributed by atoms with Crippen LogP contribution >= 0.6 is 0 Å². The highest BCUT2D eigenvalue weighted by molar-refractivity contribution is 5.76. The molecule has 126 valence electrons. The summed E-state index contributed by atoms with van der Waals surface area (Å²) in [7, 11) is 1.83. The lowest BCUT2D eigenvalue weighted by Crippen LogP contribution is -2.23. The van der Waals surface area contributed by atoms with Gasteiger partial charge in [-0.25, -0.2) is 4.68 Å². The number of anilines is 1. The second-order valence-corrected chi connectivity index (χ2v) is 5.80. The van der Waals surface area contributed by atoms with Crippen molar-refractivity contribution in [3.8, 4) is 5.69 Å². The van der Waals surface area contributed by atoms with Crippen molar-refractivity contribution in [3.63, 3.8) is 0 Å². The van der Waals surface area contributed by atoms with Crippen molar-refractivity contribution in [2.24, 2.45) is 0 Å². The normalized spacial score (nSPS) is 11.1. The number of hydrogen-bond acceptors (Lipinski definition) is 6. The number of benzene rings is 1. The number of para-hydroxylation sites is 1. The number of nitrogens with zero attached hydrogens (tertiary/aromatic N) is 5. The minimum Gasteiger partial charge on any atom is -0.361 e. The van der Waals surface area contributed by atoms with Gasteiger partial charge in [-0.05, 0) is 19.1 Å². The second kappa shape index (κ2) is 5.90. The van der Waals surface area contributed by atoms with Crippen LogP contribution in [0.2, 0.25) is 0 Å². The number of aryl methyl sites for hydroxylation is 1. The summed E-state index contributed by atoms with van der Waals surface area (Å²) >= 11 is 0. The predicted molar refractivity (Wildman–Crippen MR) is 92.8 cm³/mol. The van der Waals surface area contributed by atoms with Crippen LogP contribution in [-0.2, 0) is 6.54 Å². The third kappa shape index (κ3) is 2.78. The van der Waals surface area contributed by atoms with Crippen molar-refractivity contribution < 1.29 is 4.52 Å². The molecule has 0 saturated heterocycles. The van der Waals surface area contributed by atoms with Crippen molar-refractivity contribution in [2.75, 3.05) is 11.9 Å². The molecule has 0 aliphatic heterocycles. The van der Waals surface area contributed by atoms with Gasteiger partial charge in [0.15, 0.2) is 5.65 Å². The van der Waals surface area contributed by atoms with Crippen LogP contribution in [0.4, 0.5) is 5.95 Å². The van der Waals surface area contributed by atoms with Gasteiger partial charge in [-0.2, -0.15) is 10.1 Å². The third-order valence-corrected chi connectivity index (χ3v) is 3.86. The van der Waals surface area contributed by atoms with E-state index in [1.807, 2.05) is 50.4 Å². The Balaban J connectivity index is 1.76. The second-order valence-electron chi connectivity index (χ2n) is 5.80. The monoisotopic (exact) mass is 336 g/mol. The lowest BCUT2D eigenvalue weighted by molar-refractivity contribution is 0.390. The number of rotatable bonds is 4. The Bertz CT molecular complexity index is 1080. The molecule has 0 unspecified atom stereocenters. The van der Waals surface area contributed by atoms with Crippen molar-refractivity contribution in [3.05, 3.63) is 64.4 Å². The molecule has 0 spiro atoms. The summed E-state index contributed by atoms with van der Waals surface area (Å²) in [5.74, 6) is 1.18. The molecule has 1 N–H and O–H groups in total. The summed E-state index contributed by atoms with van der Waals surface area (Å²) in [6.45, 7) is 2.30. The first kappa shape index (κ1) is 15.1. The molecular weight excluding hydrogens is 320 g/mol. The van der Waals surface area contributed by atoms with E-state index in [1.54, 1.807) is 9.58 Å². The Morgan fingerprint density at radius 2 is 2.08 bits per heavy atom. The quantitative estimate of drug-likeness (QED) is 0.613. The van der Waals surface area contributed by atoms with E-state index in [1.165, 1.54) is 6.20 Å². The average Bonchev–Trinajstić information content (AvgIpc) is 3.22. The van der Waals surface area contributed by atoms with Crippen molar-refractivity contribution in [2.45, 2.75) is 13.5 Å². The van der Waals surface area contributed by atoms with Crippen LogP contribution in [0.15, 0.2) is 51.9 Å². The summed E-state index contributed by atoms with van der Waals surface area (Å²) in [4.78, 5) is 21.6. The Kier molecular flexibility index (Phi) is 3.57. The molecule has 3 heterocycles. The van der Waals surface area contributed by atoms with Crippen LogP contribution in [0.1, 0.15) is 11.5 Å². The van der Waals surface area contributed by atoms with Gasteiger partial charge in [0, 0.05) is 13.1 Å². The maximum atomic E-state index is 12.4. The molecule has 0 amide bonds. The van der Waals surface area contributed by atoms with E-state index in [-0.39, 0.29) is 5.56 Å². The molecular formula is C17H16N6O2. The Labute approximate surface area is 142 Å². The predicted octanol–water partition coefficient (Wildman–Crippen LogP) is 2.04. The summed E-state index contributed by atoms with van der Waals surface area (Å²) < 4.78 is 6.73. The Morgan fingerprint density at radius 3 is 2.80 bits per heavy atom. The van der Waals surface area contributed by atoms with E-state index < -0.39 is 0 Å². The molecule has 8 nitrogen and oxygen atoms in total. The van der Waals surface area contributed by atoms with Gasteiger partial charge in [-0.15, -0.1) is 0 Å². The van der Waals surface area contributed by atoms with Gasteiger partial charge in [0.1, 0.15) is 16.8 Å². The first-order chi connectivity index (χ1) is 12.1. The molecule has 4 rings (SSSR count). The molecule has 8 heteroatoms. The molecule has 3 aromatic heterocycles. The first-order valence-corrected chi connectivity index (χ1v) is 7.78. The van der Waals surface area contributed by atoms with Gasteiger partial charge in [0.25, 0.3) is 5.56 Å². The summed E-state index contributed by atoms with van der Waals surface area (Å²) in [6, 6.07) is 11.4. The number of aromatic amines is 1. The van der Waals surface area contributed by atoms with Gasteiger partial charge in [-0.3, -0.25) is 9.78 Å². The average molecular weight is 336 g/mol. The zero-order chi connectivity index (χ0) is 17.4. The number of H-pyrrole nitrogens is 1. The standard InChI is InChI=1S/C17H16N6O2/c1-11-8-12(21-25-11)10-22(2)17-19-15-14(16(24)20-17)9-18-23(15)13-6-4-3-5-7-13/h3-9H,10H2,1-2H3,(H,19,20,24). The third-order valence-electron chi connectivity index (χ3n) is 3.86. The largest absolute Gasteiger partial charge is 0.361 e. The Hall–Kier alpha value is -3.42. The number of fused-ring (bicyclic) bond motifs is 1. The van der Waals surface area contributed by atoms with E-state index in [0.717, 1.165) is 17.1 Å². The van der Waals surface area contributed by atoms with E-state index in [0.29, 0.717) is 23.5 Å². The topological polar surface area (TPSA) is 92.8 Å². The summed E-state index contributed by atoms with van der Waals surface area (Å²) in [5.41, 5.74) is 1.88. The molecule has 0 aliphatic carbocycles. The maximum absolute atomic E-state index is 12.4. The number of nitrogens with one attached hydrogen (secondary N) is 1. The van der Waals surface area contributed by atoms with E-state index >= 15 is 0 Å². The SMILES string of the molecule is Cc1cc(CN(C)c2nc3c(cnn3-c3ccccc3)c(=O)[nH]2)no1. The molecule has 0 aliphatic rings. The molecule has 25 heavy (non-hydrogen) atoms. The zero-order valence-electron chi connectivity index (χ0n) is 13.8. The van der Waals surface area contributed by atoms with Crippen LogP contribution in [-0.4, -0.2) is 32.0 Å². The molecule has 0 bridgehead atoms. The van der Waals surface area contributed by atoms with Crippen LogP contribution < -0.4 is 10.5 Å². The van der Waals surface area contributed by atoms with Crippen LogP contribution in [0.3, 0.4) is 0 Å². The molecule has 0 radical (unpaired) electrons. The van der Waals surface area contributed by atoms with E-state index in [2.05, 4.69) is 20.2 Å². The number of aromatic nitrogens is 5. The fourth-order valence-electron chi connectivity index (χ4n) is 2.66. The molecule has 4 aromatic rings. The van der Waals surface area contributed by atoms with Crippen molar-refractivity contribution >= 4 is 17.0 Å². The van der Waals surface area contributed by atoms with E-state index in [9.17, 15) is 4.79 Å². The van der Waals surface area contributed by atoms with Crippen LogP contribution in [0.25, 0.3) is 16.7 Å². The first-order valence-electron chi connectivity index (χ1n) is 7.78. The van der Waals surface area contributed by atoms with Gasteiger partial charge >= 0.3 is 0 Å². The highest BCUT2D eigenvalue weighted by atomic mass is 16.5. The zero-order valence-corrected chi connectivity index (χ0v) is 13.8. The smallest absolute Gasteiger partial charge is 0.263 e. The molecule has 0 atom stereocenters.